The standard InChI is InChI=1S/C17H25F3N2O/c1-12(2)22-10-9-16(13(3)11-22)21(4)14-5-7-15(8-6-14)23-17(18,19)20/h5-8,12-13,16H,9-11H2,1-4H3/t13-,16+/m0/s1. The largest absolute Gasteiger partial charge is 0.573 e. The van der Waals surface area contributed by atoms with Crippen molar-refractivity contribution in [2.24, 2.45) is 5.92 Å². The molecule has 2 atom stereocenters. The van der Waals surface area contributed by atoms with E-state index in [-0.39, 0.29) is 5.75 Å². The molecule has 0 aliphatic carbocycles. The first-order valence-electron chi connectivity index (χ1n) is 8.00. The van der Waals surface area contributed by atoms with E-state index in [2.05, 4.69) is 35.3 Å². The molecular weight excluding hydrogens is 305 g/mol. The lowest BCUT2D eigenvalue weighted by atomic mass is 9.91. The van der Waals surface area contributed by atoms with Crippen LogP contribution in [0.5, 0.6) is 5.75 Å². The molecule has 0 saturated carbocycles. The Morgan fingerprint density at radius 2 is 1.83 bits per heavy atom. The summed E-state index contributed by atoms with van der Waals surface area (Å²) >= 11 is 0. The van der Waals surface area contributed by atoms with E-state index >= 15 is 0 Å². The Labute approximate surface area is 136 Å². The number of likely N-dealkylation sites (tertiary alicyclic amines) is 1. The Balaban J connectivity index is 2.01. The van der Waals surface area contributed by atoms with Crippen LogP contribution in [0.4, 0.5) is 18.9 Å². The fraction of sp³-hybridized carbons (Fsp3) is 0.647. The number of hydrogen-bond acceptors (Lipinski definition) is 3. The minimum atomic E-state index is -4.65. The molecule has 1 heterocycles. The van der Waals surface area contributed by atoms with Crippen LogP contribution in [-0.4, -0.2) is 43.5 Å². The first-order valence-corrected chi connectivity index (χ1v) is 8.00. The molecular formula is C17H25F3N2O. The SMILES string of the molecule is CC(C)N1CC[C@@H](N(C)c2ccc(OC(F)(F)F)cc2)[C@@H](C)C1. The molecule has 0 aromatic heterocycles. The van der Waals surface area contributed by atoms with Gasteiger partial charge in [0.05, 0.1) is 0 Å². The Morgan fingerprint density at radius 3 is 2.30 bits per heavy atom. The van der Waals surface area contributed by atoms with Gasteiger partial charge in [0.25, 0.3) is 0 Å². The van der Waals surface area contributed by atoms with E-state index in [1.54, 1.807) is 12.1 Å². The van der Waals surface area contributed by atoms with Crippen molar-refractivity contribution in [2.75, 3.05) is 25.0 Å². The fourth-order valence-corrected chi connectivity index (χ4v) is 3.28. The molecule has 1 aliphatic heterocycles. The lowest BCUT2D eigenvalue weighted by Gasteiger charge is -2.43. The van der Waals surface area contributed by atoms with Crippen LogP contribution in [0.15, 0.2) is 24.3 Å². The molecule has 1 aliphatic rings. The third kappa shape index (κ3) is 4.77. The van der Waals surface area contributed by atoms with Crippen LogP contribution in [0.2, 0.25) is 0 Å². The summed E-state index contributed by atoms with van der Waals surface area (Å²) in [7, 11) is 2.01. The quantitative estimate of drug-likeness (QED) is 0.825. The molecule has 3 nitrogen and oxygen atoms in total. The maximum absolute atomic E-state index is 12.2. The molecule has 0 radical (unpaired) electrons. The number of rotatable bonds is 4. The normalized spacial score (nSPS) is 23.1. The summed E-state index contributed by atoms with van der Waals surface area (Å²) in [5.74, 6) is 0.319. The van der Waals surface area contributed by atoms with Gasteiger partial charge in [0.2, 0.25) is 0 Å². The summed E-state index contributed by atoms with van der Waals surface area (Å²) in [6.07, 6.45) is -3.59. The third-order valence-electron chi connectivity index (χ3n) is 4.60. The van der Waals surface area contributed by atoms with Crippen molar-refractivity contribution in [3.8, 4) is 5.75 Å². The van der Waals surface area contributed by atoms with Gasteiger partial charge >= 0.3 is 6.36 Å². The number of ether oxygens (including phenoxy) is 1. The number of alkyl halides is 3. The zero-order valence-corrected chi connectivity index (χ0v) is 14.1. The van der Waals surface area contributed by atoms with Crippen LogP contribution < -0.4 is 9.64 Å². The van der Waals surface area contributed by atoms with Gasteiger partial charge < -0.3 is 14.5 Å². The van der Waals surface area contributed by atoms with Crippen LogP contribution in [0.1, 0.15) is 27.2 Å². The second kappa shape index (κ2) is 6.99. The van der Waals surface area contributed by atoms with Gasteiger partial charge in [0.15, 0.2) is 0 Å². The smallest absolute Gasteiger partial charge is 0.406 e. The van der Waals surface area contributed by atoms with Crippen molar-refractivity contribution < 1.29 is 17.9 Å². The average molecular weight is 330 g/mol. The van der Waals surface area contributed by atoms with Crippen LogP contribution in [-0.2, 0) is 0 Å². The van der Waals surface area contributed by atoms with E-state index in [9.17, 15) is 13.2 Å². The zero-order chi connectivity index (χ0) is 17.2. The van der Waals surface area contributed by atoms with Crippen LogP contribution in [0.25, 0.3) is 0 Å². The van der Waals surface area contributed by atoms with E-state index in [0.717, 1.165) is 25.2 Å². The zero-order valence-electron chi connectivity index (χ0n) is 14.1. The Kier molecular flexibility index (Phi) is 5.45. The number of nitrogens with zero attached hydrogens (tertiary/aromatic N) is 2. The molecule has 1 saturated heterocycles. The van der Waals surface area contributed by atoms with Crippen molar-refractivity contribution in [2.45, 2.75) is 45.6 Å². The highest BCUT2D eigenvalue weighted by Crippen LogP contribution is 2.29. The summed E-state index contributed by atoms with van der Waals surface area (Å²) in [5, 5.41) is 0. The minimum Gasteiger partial charge on any atom is -0.406 e. The number of halogens is 3. The lowest BCUT2D eigenvalue weighted by Crippen LogP contribution is -2.50. The monoisotopic (exact) mass is 330 g/mol. The molecule has 1 aromatic rings. The third-order valence-corrected chi connectivity index (χ3v) is 4.60. The van der Waals surface area contributed by atoms with Crippen molar-refractivity contribution in [3.05, 3.63) is 24.3 Å². The van der Waals surface area contributed by atoms with E-state index in [1.165, 1.54) is 12.1 Å². The van der Waals surface area contributed by atoms with Gasteiger partial charge in [0.1, 0.15) is 5.75 Å². The van der Waals surface area contributed by atoms with E-state index in [0.29, 0.717) is 18.0 Å². The summed E-state index contributed by atoms with van der Waals surface area (Å²) < 4.78 is 40.5. The number of piperidine rings is 1. The molecule has 130 valence electrons. The topological polar surface area (TPSA) is 15.7 Å². The van der Waals surface area contributed by atoms with Gasteiger partial charge in [-0.2, -0.15) is 0 Å². The van der Waals surface area contributed by atoms with E-state index in [4.69, 9.17) is 0 Å². The van der Waals surface area contributed by atoms with Crippen LogP contribution >= 0.6 is 0 Å². The van der Waals surface area contributed by atoms with Crippen molar-refractivity contribution in [1.82, 2.24) is 4.90 Å². The lowest BCUT2D eigenvalue weighted by molar-refractivity contribution is -0.274. The second-order valence-electron chi connectivity index (χ2n) is 6.57. The van der Waals surface area contributed by atoms with Gasteiger partial charge in [-0.25, -0.2) is 0 Å². The minimum absolute atomic E-state index is 0.183. The molecule has 0 amide bonds. The predicted molar refractivity (Wildman–Crippen MR) is 85.8 cm³/mol. The maximum atomic E-state index is 12.2. The van der Waals surface area contributed by atoms with Gasteiger partial charge in [-0.1, -0.05) is 6.92 Å². The highest BCUT2D eigenvalue weighted by molar-refractivity contribution is 5.49. The van der Waals surface area contributed by atoms with Gasteiger partial charge in [0, 0.05) is 37.9 Å². The Hall–Kier alpha value is -1.43. The molecule has 23 heavy (non-hydrogen) atoms. The summed E-state index contributed by atoms with van der Waals surface area (Å²) in [6, 6.07) is 7.04. The number of benzene rings is 1. The number of anilines is 1. The Morgan fingerprint density at radius 1 is 1.22 bits per heavy atom. The van der Waals surface area contributed by atoms with Gasteiger partial charge in [-0.3, -0.25) is 0 Å². The van der Waals surface area contributed by atoms with Crippen molar-refractivity contribution in [3.63, 3.8) is 0 Å². The molecule has 1 fully saturated rings. The molecule has 0 bridgehead atoms. The highest BCUT2D eigenvalue weighted by atomic mass is 19.4. The maximum Gasteiger partial charge on any atom is 0.573 e. The fourth-order valence-electron chi connectivity index (χ4n) is 3.28. The average Bonchev–Trinajstić information content (AvgIpc) is 2.45. The molecule has 0 N–H and O–H groups in total. The summed E-state index contributed by atoms with van der Waals surface area (Å²) in [5.41, 5.74) is 0.911. The second-order valence-corrected chi connectivity index (χ2v) is 6.57. The summed E-state index contributed by atoms with van der Waals surface area (Å²) in [4.78, 5) is 4.63. The van der Waals surface area contributed by atoms with Crippen molar-refractivity contribution in [1.29, 1.82) is 0 Å². The van der Waals surface area contributed by atoms with Crippen LogP contribution in [0, 0.1) is 5.92 Å². The predicted octanol–water partition coefficient (Wildman–Crippen LogP) is 4.14. The van der Waals surface area contributed by atoms with Crippen molar-refractivity contribution >= 4 is 5.69 Å². The van der Waals surface area contributed by atoms with Gasteiger partial charge in [-0.15, -0.1) is 13.2 Å². The van der Waals surface area contributed by atoms with E-state index in [1.807, 2.05) is 7.05 Å². The summed E-state index contributed by atoms with van der Waals surface area (Å²) in [6.45, 7) is 8.73. The highest BCUT2D eigenvalue weighted by Gasteiger charge is 2.32. The molecule has 0 spiro atoms. The first-order chi connectivity index (χ1) is 10.7. The molecule has 0 unspecified atom stereocenters. The van der Waals surface area contributed by atoms with Crippen LogP contribution in [0.3, 0.4) is 0 Å². The molecule has 2 rings (SSSR count). The molecule has 1 aromatic carbocycles. The number of hydrogen-bond donors (Lipinski definition) is 0. The van der Waals surface area contributed by atoms with Gasteiger partial charge in [-0.05, 0) is 50.5 Å². The molecule has 6 heteroatoms. The first kappa shape index (κ1) is 17.9. The van der Waals surface area contributed by atoms with E-state index < -0.39 is 6.36 Å². The Bertz CT molecular complexity index is 502.